The molecule has 3 N–H and O–H groups in total. The van der Waals surface area contributed by atoms with Gasteiger partial charge in [0.1, 0.15) is 16.8 Å². The van der Waals surface area contributed by atoms with Crippen LogP contribution in [0.25, 0.3) is 0 Å². The summed E-state index contributed by atoms with van der Waals surface area (Å²) in [5.74, 6) is -2.02. The van der Waals surface area contributed by atoms with Gasteiger partial charge in [0.2, 0.25) is 26.0 Å². The van der Waals surface area contributed by atoms with Crippen molar-refractivity contribution in [1.82, 2.24) is 14.8 Å². The zero-order valence-electron chi connectivity index (χ0n) is 17.4. The monoisotopic (exact) mass is 471 g/mol. The van der Waals surface area contributed by atoms with Crippen LogP contribution >= 0.6 is 0 Å². The number of amides is 1. The lowest BCUT2D eigenvalue weighted by Gasteiger charge is -2.22. The molecule has 11 heteroatoms. The summed E-state index contributed by atoms with van der Waals surface area (Å²) in [6.07, 6.45) is 0. The van der Waals surface area contributed by atoms with E-state index in [-0.39, 0.29) is 18.0 Å². The molecule has 0 aliphatic carbocycles. The van der Waals surface area contributed by atoms with Gasteiger partial charge in [-0.3, -0.25) is 4.79 Å². The van der Waals surface area contributed by atoms with Crippen LogP contribution in [0.5, 0.6) is 0 Å². The first-order valence-electron chi connectivity index (χ1n) is 9.55. The summed E-state index contributed by atoms with van der Waals surface area (Å²) < 4.78 is 68.0. The maximum atomic E-state index is 13.9. The summed E-state index contributed by atoms with van der Waals surface area (Å²) >= 11 is 0. The Morgan fingerprint density at radius 2 is 1.55 bits per heavy atom. The number of carbonyl (C=O) groups is 1. The Kier molecular flexibility index (Phi) is 8.29. The highest BCUT2D eigenvalue weighted by Crippen LogP contribution is 2.15. The number of hydrogen-bond acceptors (Lipinski definition) is 5. The number of sulfonamides is 2. The number of aryl methyl sites for hydroxylation is 1. The predicted octanol–water partition coefficient (Wildman–Crippen LogP) is 1.53. The van der Waals surface area contributed by atoms with Gasteiger partial charge in [0.15, 0.2) is 0 Å². The van der Waals surface area contributed by atoms with E-state index in [0.29, 0.717) is 0 Å². The summed E-state index contributed by atoms with van der Waals surface area (Å²) in [6.45, 7) is 4.95. The second-order valence-corrected chi connectivity index (χ2v) is 10.7. The smallest absolute Gasteiger partial charge is 0.244 e. The third-order valence-corrected chi connectivity index (χ3v) is 7.36. The predicted molar refractivity (Wildman–Crippen MR) is 115 cm³/mol. The van der Waals surface area contributed by atoms with Crippen LogP contribution in [0.1, 0.15) is 19.4 Å². The van der Waals surface area contributed by atoms with Crippen LogP contribution in [0.4, 0.5) is 4.39 Å². The first-order valence-corrected chi connectivity index (χ1v) is 12.5. The van der Waals surface area contributed by atoms with Gasteiger partial charge in [-0.1, -0.05) is 43.7 Å². The highest BCUT2D eigenvalue weighted by Gasteiger charge is 2.29. The van der Waals surface area contributed by atoms with Gasteiger partial charge in [-0.25, -0.2) is 25.9 Å². The Balaban J connectivity index is 1.97. The third-order valence-electron chi connectivity index (χ3n) is 4.41. The van der Waals surface area contributed by atoms with Crippen molar-refractivity contribution in [2.45, 2.75) is 36.6 Å². The van der Waals surface area contributed by atoms with E-state index in [1.165, 1.54) is 24.3 Å². The second kappa shape index (κ2) is 10.3. The zero-order valence-corrected chi connectivity index (χ0v) is 19.1. The van der Waals surface area contributed by atoms with Gasteiger partial charge in [-0.15, -0.1) is 0 Å². The first-order chi connectivity index (χ1) is 14.4. The number of rotatable bonds is 10. The molecule has 0 aliphatic rings. The molecule has 0 spiro atoms. The summed E-state index contributed by atoms with van der Waals surface area (Å²) in [5.41, 5.74) is 0.920. The Morgan fingerprint density at radius 1 is 0.935 bits per heavy atom. The molecule has 0 bridgehead atoms. The number of carbonyl (C=O) groups excluding carboxylic acids is 1. The van der Waals surface area contributed by atoms with Gasteiger partial charge in [-0.05, 0) is 37.1 Å². The number of benzene rings is 2. The molecule has 0 aliphatic heterocycles. The van der Waals surface area contributed by atoms with Crippen molar-refractivity contribution < 1.29 is 26.0 Å². The van der Waals surface area contributed by atoms with Crippen molar-refractivity contribution in [1.29, 1.82) is 0 Å². The Hall–Kier alpha value is -2.34. The molecule has 31 heavy (non-hydrogen) atoms. The standard InChI is InChI=1S/C20H26FN3O5S2/c1-14(2)19(24-31(28,29)18-7-5-4-6-17(18)21)20(25)22-12-13-23-30(26,27)16-10-8-15(3)9-11-16/h4-11,14,19,23-24H,12-13H2,1-3H3,(H,22,25)/t19-/m0/s1. The highest BCUT2D eigenvalue weighted by atomic mass is 32.2. The maximum absolute atomic E-state index is 13.9. The minimum Gasteiger partial charge on any atom is -0.353 e. The largest absolute Gasteiger partial charge is 0.353 e. The van der Waals surface area contributed by atoms with E-state index in [1.807, 2.05) is 6.92 Å². The van der Waals surface area contributed by atoms with Gasteiger partial charge >= 0.3 is 0 Å². The molecular weight excluding hydrogens is 445 g/mol. The Labute approximate surface area is 182 Å². The van der Waals surface area contributed by atoms with Crippen molar-refractivity contribution in [3.63, 3.8) is 0 Å². The van der Waals surface area contributed by atoms with Crippen molar-refractivity contribution in [2.24, 2.45) is 5.92 Å². The second-order valence-electron chi connectivity index (χ2n) is 7.28. The third kappa shape index (κ3) is 6.82. The lowest BCUT2D eigenvalue weighted by molar-refractivity contribution is -0.123. The molecule has 0 saturated heterocycles. The molecule has 0 aromatic heterocycles. The molecular formula is C20H26FN3O5S2. The Bertz CT molecular complexity index is 1120. The molecule has 2 aromatic rings. The lowest BCUT2D eigenvalue weighted by Crippen LogP contribution is -2.50. The lowest BCUT2D eigenvalue weighted by atomic mass is 10.1. The van der Waals surface area contributed by atoms with Crippen LogP contribution < -0.4 is 14.8 Å². The normalized spacial score (nSPS) is 13.2. The molecule has 0 unspecified atom stereocenters. The summed E-state index contributed by atoms with van der Waals surface area (Å²) in [7, 11) is -8.01. The molecule has 1 atom stereocenters. The molecule has 0 saturated carbocycles. The summed E-state index contributed by atoms with van der Waals surface area (Å²) in [6, 6.07) is 9.98. The van der Waals surface area contributed by atoms with E-state index in [4.69, 9.17) is 0 Å². The van der Waals surface area contributed by atoms with Crippen LogP contribution in [-0.2, 0) is 24.8 Å². The molecule has 0 fully saturated rings. The summed E-state index contributed by atoms with van der Waals surface area (Å²) in [4.78, 5) is 12.0. The fourth-order valence-corrected chi connectivity index (χ4v) is 5.12. The van der Waals surface area contributed by atoms with E-state index in [0.717, 1.165) is 17.7 Å². The van der Waals surface area contributed by atoms with Crippen LogP contribution in [0.3, 0.4) is 0 Å². The molecule has 2 rings (SSSR count). The molecule has 1 amide bonds. The maximum Gasteiger partial charge on any atom is 0.244 e. The van der Waals surface area contributed by atoms with E-state index >= 15 is 0 Å². The van der Waals surface area contributed by atoms with Crippen molar-refractivity contribution in [3.05, 3.63) is 59.9 Å². The first kappa shape index (κ1) is 24.9. The quantitative estimate of drug-likeness (QED) is 0.454. The highest BCUT2D eigenvalue weighted by molar-refractivity contribution is 7.89. The van der Waals surface area contributed by atoms with Crippen molar-refractivity contribution in [2.75, 3.05) is 13.1 Å². The number of hydrogen-bond donors (Lipinski definition) is 3. The van der Waals surface area contributed by atoms with Crippen molar-refractivity contribution >= 4 is 26.0 Å². The van der Waals surface area contributed by atoms with Crippen LogP contribution in [0.2, 0.25) is 0 Å². The fraction of sp³-hybridized carbons (Fsp3) is 0.350. The van der Waals surface area contributed by atoms with Gasteiger partial charge in [0, 0.05) is 13.1 Å². The minimum atomic E-state index is -4.27. The van der Waals surface area contributed by atoms with E-state index in [1.54, 1.807) is 26.0 Å². The topological polar surface area (TPSA) is 121 Å². The average Bonchev–Trinajstić information content (AvgIpc) is 2.69. The van der Waals surface area contributed by atoms with Crippen LogP contribution in [0, 0.1) is 18.7 Å². The van der Waals surface area contributed by atoms with Gasteiger partial charge in [0.05, 0.1) is 4.90 Å². The SMILES string of the molecule is Cc1ccc(S(=O)(=O)NCCNC(=O)[C@@H](NS(=O)(=O)c2ccccc2F)C(C)C)cc1. The molecule has 0 heterocycles. The van der Waals surface area contributed by atoms with E-state index < -0.39 is 48.6 Å². The van der Waals surface area contributed by atoms with Crippen LogP contribution in [-0.4, -0.2) is 41.9 Å². The average molecular weight is 472 g/mol. The minimum absolute atomic E-state index is 0.0609. The van der Waals surface area contributed by atoms with E-state index in [9.17, 15) is 26.0 Å². The molecule has 2 aromatic carbocycles. The molecule has 0 radical (unpaired) electrons. The number of halogens is 1. The van der Waals surface area contributed by atoms with Gasteiger partial charge in [0.25, 0.3) is 0 Å². The summed E-state index contributed by atoms with van der Waals surface area (Å²) in [5, 5.41) is 2.50. The van der Waals surface area contributed by atoms with Gasteiger partial charge in [-0.2, -0.15) is 4.72 Å². The Morgan fingerprint density at radius 3 is 2.13 bits per heavy atom. The van der Waals surface area contributed by atoms with Crippen LogP contribution in [0.15, 0.2) is 58.3 Å². The van der Waals surface area contributed by atoms with E-state index in [2.05, 4.69) is 14.8 Å². The van der Waals surface area contributed by atoms with Gasteiger partial charge < -0.3 is 5.32 Å². The molecule has 8 nitrogen and oxygen atoms in total. The number of nitrogens with one attached hydrogen (secondary N) is 3. The zero-order chi connectivity index (χ0) is 23.2. The molecule has 170 valence electrons. The van der Waals surface area contributed by atoms with Crippen molar-refractivity contribution in [3.8, 4) is 0 Å². The fourth-order valence-electron chi connectivity index (χ4n) is 2.67.